The summed E-state index contributed by atoms with van der Waals surface area (Å²) in [4.78, 5) is 0. The standard InChI is InChI=1S/C29H44O/c1-3-5-6-7-8-24-11-17-27(18-12-24)28-19-13-25(14-20-28)9-10-26-15-21-29(22-16-26)30-23-4-2/h15-16,21-22,24-25,27-28H,3-8,11-14,17-20,23H2,1-2H3/t24-,25-,27-,28-. The average molecular weight is 409 g/mol. The van der Waals surface area contributed by atoms with Crippen molar-refractivity contribution in [1.82, 2.24) is 0 Å². The van der Waals surface area contributed by atoms with Gasteiger partial charge < -0.3 is 4.74 Å². The molecule has 0 unspecified atom stereocenters. The van der Waals surface area contributed by atoms with Crippen molar-refractivity contribution in [2.45, 2.75) is 104 Å². The van der Waals surface area contributed by atoms with Crippen LogP contribution in [0.25, 0.3) is 0 Å². The molecule has 30 heavy (non-hydrogen) atoms. The molecule has 0 saturated heterocycles. The fourth-order valence-corrected chi connectivity index (χ4v) is 5.58. The van der Waals surface area contributed by atoms with Crippen LogP contribution in [0, 0.1) is 35.5 Å². The summed E-state index contributed by atoms with van der Waals surface area (Å²) in [5.74, 6) is 11.6. The lowest BCUT2D eigenvalue weighted by Gasteiger charge is -2.37. The van der Waals surface area contributed by atoms with Crippen molar-refractivity contribution in [3.63, 3.8) is 0 Å². The lowest BCUT2D eigenvalue weighted by Crippen LogP contribution is -2.25. The highest BCUT2D eigenvalue weighted by Gasteiger charge is 2.30. The molecule has 0 spiro atoms. The molecule has 3 rings (SSSR count). The molecule has 166 valence electrons. The third-order valence-electron chi connectivity index (χ3n) is 7.54. The zero-order valence-corrected chi connectivity index (χ0v) is 19.6. The Labute approximate surface area is 186 Å². The van der Waals surface area contributed by atoms with Gasteiger partial charge in [-0.15, -0.1) is 0 Å². The lowest BCUT2D eigenvalue weighted by atomic mass is 9.69. The van der Waals surface area contributed by atoms with E-state index in [1.807, 2.05) is 0 Å². The fourth-order valence-electron chi connectivity index (χ4n) is 5.58. The van der Waals surface area contributed by atoms with E-state index in [0.717, 1.165) is 42.1 Å². The Morgan fingerprint density at radius 3 is 2.07 bits per heavy atom. The van der Waals surface area contributed by atoms with Gasteiger partial charge in [0.2, 0.25) is 0 Å². The molecule has 1 nitrogen and oxygen atoms in total. The molecule has 2 aliphatic rings. The average Bonchev–Trinajstić information content (AvgIpc) is 2.81. The molecule has 1 aromatic rings. The Kier molecular flexibility index (Phi) is 10.1. The van der Waals surface area contributed by atoms with Crippen molar-refractivity contribution in [3.8, 4) is 17.6 Å². The van der Waals surface area contributed by atoms with Crippen LogP contribution in [0.4, 0.5) is 0 Å². The Balaban J connectivity index is 1.35. The normalized spacial score (nSPS) is 26.6. The van der Waals surface area contributed by atoms with Crippen molar-refractivity contribution in [3.05, 3.63) is 29.8 Å². The summed E-state index contributed by atoms with van der Waals surface area (Å²) >= 11 is 0. The maximum absolute atomic E-state index is 5.66. The monoisotopic (exact) mass is 408 g/mol. The summed E-state index contributed by atoms with van der Waals surface area (Å²) in [5.41, 5.74) is 1.12. The lowest BCUT2D eigenvalue weighted by molar-refractivity contribution is 0.153. The molecule has 0 radical (unpaired) electrons. The molecule has 2 saturated carbocycles. The predicted molar refractivity (Wildman–Crippen MR) is 129 cm³/mol. The van der Waals surface area contributed by atoms with E-state index in [1.54, 1.807) is 0 Å². The van der Waals surface area contributed by atoms with Crippen LogP contribution in [0.15, 0.2) is 24.3 Å². The SMILES string of the molecule is CCCCCC[C@H]1CC[C@H]([C@H]2CC[C@H](C#Cc3ccc(OCCC)cc3)CC2)CC1. The number of unbranched alkanes of at least 4 members (excludes halogenated alkanes) is 3. The van der Waals surface area contributed by atoms with Crippen LogP contribution < -0.4 is 4.74 Å². The van der Waals surface area contributed by atoms with Crippen molar-refractivity contribution in [2.75, 3.05) is 6.61 Å². The number of hydrogen-bond donors (Lipinski definition) is 0. The summed E-state index contributed by atoms with van der Waals surface area (Å²) in [6.07, 6.45) is 19.7. The topological polar surface area (TPSA) is 9.23 Å². The first kappa shape index (κ1) is 23.2. The van der Waals surface area contributed by atoms with Gasteiger partial charge in [0, 0.05) is 11.5 Å². The summed E-state index contributed by atoms with van der Waals surface area (Å²) in [7, 11) is 0. The van der Waals surface area contributed by atoms with Gasteiger partial charge in [-0.2, -0.15) is 0 Å². The number of benzene rings is 1. The molecule has 1 heteroatoms. The second-order valence-corrected chi connectivity index (χ2v) is 9.88. The first-order valence-electron chi connectivity index (χ1n) is 13.0. The smallest absolute Gasteiger partial charge is 0.119 e. The molecule has 0 aliphatic heterocycles. The Morgan fingerprint density at radius 2 is 1.43 bits per heavy atom. The summed E-state index contributed by atoms with van der Waals surface area (Å²) < 4.78 is 5.66. The molecule has 0 aromatic heterocycles. The van der Waals surface area contributed by atoms with E-state index in [1.165, 1.54) is 83.5 Å². The van der Waals surface area contributed by atoms with Gasteiger partial charge in [0.1, 0.15) is 5.75 Å². The van der Waals surface area contributed by atoms with Crippen molar-refractivity contribution < 1.29 is 4.74 Å². The van der Waals surface area contributed by atoms with Crippen LogP contribution in [-0.4, -0.2) is 6.61 Å². The van der Waals surface area contributed by atoms with E-state index in [2.05, 4.69) is 50.0 Å². The Bertz CT molecular complexity index is 633. The Morgan fingerprint density at radius 1 is 0.767 bits per heavy atom. The van der Waals surface area contributed by atoms with Gasteiger partial charge in [-0.1, -0.05) is 70.6 Å². The van der Waals surface area contributed by atoms with Crippen LogP contribution >= 0.6 is 0 Å². The highest BCUT2D eigenvalue weighted by Crippen LogP contribution is 2.42. The van der Waals surface area contributed by atoms with Crippen LogP contribution in [0.3, 0.4) is 0 Å². The van der Waals surface area contributed by atoms with Gasteiger partial charge in [-0.3, -0.25) is 0 Å². The fraction of sp³-hybridized carbons (Fsp3) is 0.724. The molecular formula is C29H44O. The van der Waals surface area contributed by atoms with E-state index in [-0.39, 0.29) is 0 Å². The highest BCUT2D eigenvalue weighted by molar-refractivity contribution is 5.38. The largest absolute Gasteiger partial charge is 0.494 e. The van der Waals surface area contributed by atoms with Gasteiger partial charge in [0.05, 0.1) is 6.61 Å². The van der Waals surface area contributed by atoms with Crippen LogP contribution in [-0.2, 0) is 0 Å². The minimum Gasteiger partial charge on any atom is -0.494 e. The van der Waals surface area contributed by atoms with Gasteiger partial charge in [0.25, 0.3) is 0 Å². The minimum atomic E-state index is 0.604. The Hall–Kier alpha value is -1.42. The first-order valence-corrected chi connectivity index (χ1v) is 13.0. The third kappa shape index (κ3) is 7.68. The van der Waals surface area contributed by atoms with E-state index in [9.17, 15) is 0 Å². The van der Waals surface area contributed by atoms with Gasteiger partial charge in [0.15, 0.2) is 0 Å². The molecule has 2 aliphatic carbocycles. The summed E-state index contributed by atoms with van der Waals surface area (Å²) in [6, 6.07) is 8.31. The zero-order valence-electron chi connectivity index (χ0n) is 19.6. The van der Waals surface area contributed by atoms with Gasteiger partial charge in [-0.05, 0) is 87.0 Å². The van der Waals surface area contributed by atoms with Crippen molar-refractivity contribution in [1.29, 1.82) is 0 Å². The van der Waals surface area contributed by atoms with Crippen molar-refractivity contribution >= 4 is 0 Å². The van der Waals surface area contributed by atoms with Crippen LogP contribution in [0.1, 0.15) is 109 Å². The van der Waals surface area contributed by atoms with Crippen LogP contribution in [0.5, 0.6) is 5.75 Å². The van der Waals surface area contributed by atoms with E-state index in [4.69, 9.17) is 4.74 Å². The second-order valence-electron chi connectivity index (χ2n) is 9.88. The maximum Gasteiger partial charge on any atom is 0.119 e. The molecule has 0 N–H and O–H groups in total. The molecule has 0 heterocycles. The summed E-state index contributed by atoms with van der Waals surface area (Å²) in [5, 5.41) is 0. The van der Waals surface area contributed by atoms with E-state index < -0.39 is 0 Å². The number of rotatable bonds is 9. The zero-order chi connectivity index (χ0) is 21.0. The molecule has 0 atom stereocenters. The first-order chi connectivity index (χ1) is 14.8. The third-order valence-corrected chi connectivity index (χ3v) is 7.54. The van der Waals surface area contributed by atoms with Gasteiger partial charge >= 0.3 is 0 Å². The quantitative estimate of drug-likeness (QED) is 0.294. The van der Waals surface area contributed by atoms with Gasteiger partial charge in [-0.25, -0.2) is 0 Å². The van der Waals surface area contributed by atoms with Crippen molar-refractivity contribution in [2.24, 2.45) is 23.7 Å². The van der Waals surface area contributed by atoms with Crippen LogP contribution in [0.2, 0.25) is 0 Å². The minimum absolute atomic E-state index is 0.604. The summed E-state index contributed by atoms with van der Waals surface area (Å²) in [6.45, 7) is 5.23. The highest BCUT2D eigenvalue weighted by atomic mass is 16.5. The van der Waals surface area contributed by atoms with E-state index in [0.29, 0.717) is 5.92 Å². The number of ether oxygens (including phenoxy) is 1. The molecule has 0 bridgehead atoms. The predicted octanol–water partition coefficient (Wildman–Crippen LogP) is 8.41. The molecule has 1 aromatic carbocycles. The second kappa shape index (κ2) is 13.1. The number of hydrogen-bond acceptors (Lipinski definition) is 1. The molecular weight excluding hydrogens is 364 g/mol. The van der Waals surface area contributed by atoms with E-state index >= 15 is 0 Å². The molecule has 0 amide bonds. The maximum atomic E-state index is 5.66. The molecule has 2 fully saturated rings.